The summed E-state index contributed by atoms with van der Waals surface area (Å²) >= 11 is 0. The van der Waals surface area contributed by atoms with Gasteiger partial charge in [-0.2, -0.15) is 0 Å². The lowest BCUT2D eigenvalue weighted by Crippen LogP contribution is -2.58. The van der Waals surface area contributed by atoms with E-state index in [9.17, 15) is 4.79 Å². The summed E-state index contributed by atoms with van der Waals surface area (Å²) in [5.41, 5.74) is 1.09. The first-order chi connectivity index (χ1) is 11.5. The van der Waals surface area contributed by atoms with Crippen molar-refractivity contribution in [1.82, 2.24) is 15.1 Å². The molecule has 2 atom stereocenters. The van der Waals surface area contributed by atoms with Gasteiger partial charge in [0, 0.05) is 32.3 Å². The maximum Gasteiger partial charge on any atom is 0.318 e. The number of amides is 2. The van der Waals surface area contributed by atoms with E-state index in [2.05, 4.69) is 31.1 Å². The Morgan fingerprint density at radius 3 is 2.62 bits per heavy atom. The molecule has 1 aromatic rings. The zero-order valence-electron chi connectivity index (χ0n) is 15.1. The van der Waals surface area contributed by atoms with Crippen LogP contribution < -0.4 is 5.32 Å². The van der Waals surface area contributed by atoms with Crippen molar-refractivity contribution in [1.29, 1.82) is 0 Å². The number of nitrogens with one attached hydrogen (secondary N) is 1. The molecule has 2 amide bonds. The van der Waals surface area contributed by atoms with Crippen LogP contribution in [0, 0.1) is 5.92 Å². The van der Waals surface area contributed by atoms with Crippen LogP contribution in [0.15, 0.2) is 30.3 Å². The molecule has 1 fully saturated rings. The number of aliphatic hydroxyl groups is 1. The molecular formula is C19H31N3O2. The highest BCUT2D eigenvalue weighted by Crippen LogP contribution is 2.21. The van der Waals surface area contributed by atoms with Gasteiger partial charge in [0.15, 0.2) is 0 Å². The van der Waals surface area contributed by atoms with Crippen molar-refractivity contribution in [2.45, 2.75) is 38.8 Å². The average molecular weight is 333 g/mol. The van der Waals surface area contributed by atoms with Crippen LogP contribution in [0.5, 0.6) is 0 Å². The van der Waals surface area contributed by atoms with E-state index in [0.29, 0.717) is 12.3 Å². The number of piperazine rings is 1. The van der Waals surface area contributed by atoms with E-state index in [1.54, 1.807) is 0 Å². The number of hydrogen-bond acceptors (Lipinski definition) is 3. The summed E-state index contributed by atoms with van der Waals surface area (Å²) in [4.78, 5) is 17.2. The Labute approximate surface area is 145 Å². The SMILES string of the molecule is CC(C)C1CN(C)CCN1C(=O)NC(CCCO)c1ccccc1. The maximum absolute atomic E-state index is 12.9. The van der Waals surface area contributed by atoms with Gasteiger partial charge in [-0.15, -0.1) is 0 Å². The molecule has 134 valence electrons. The average Bonchev–Trinajstić information content (AvgIpc) is 2.59. The van der Waals surface area contributed by atoms with E-state index in [0.717, 1.165) is 31.6 Å². The van der Waals surface area contributed by atoms with Gasteiger partial charge in [-0.25, -0.2) is 4.79 Å². The summed E-state index contributed by atoms with van der Waals surface area (Å²) in [5, 5.41) is 12.4. The molecule has 1 aliphatic heterocycles. The third-order valence-corrected chi connectivity index (χ3v) is 4.80. The standard InChI is InChI=1S/C19H31N3O2/c1-15(2)18-14-21(3)11-12-22(18)19(24)20-17(10-7-13-23)16-8-5-4-6-9-16/h4-6,8-9,15,17-18,23H,7,10-14H2,1-3H3,(H,20,24). The summed E-state index contributed by atoms with van der Waals surface area (Å²) in [7, 11) is 2.11. The minimum Gasteiger partial charge on any atom is -0.396 e. The summed E-state index contributed by atoms with van der Waals surface area (Å²) in [5.74, 6) is 0.422. The van der Waals surface area contributed by atoms with Gasteiger partial charge < -0.3 is 20.2 Å². The molecule has 1 heterocycles. The molecule has 2 unspecified atom stereocenters. The second-order valence-corrected chi connectivity index (χ2v) is 7.05. The molecule has 0 radical (unpaired) electrons. The van der Waals surface area contributed by atoms with Gasteiger partial charge in [0.1, 0.15) is 0 Å². The van der Waals surface area contributed by atoms with Crippen LogP contribution in [0.25, 0.3) is 0 Å². The summed E-state index contributed by atoms with van der Waals surface area (Å²) in [6, 6.07) is 10.2. The van der Waals surface area contributed by atoms with Gasteiger partial charge in [0.2, 0.25) is 0 Å². The Bertz CT molecular complexity index is 507. The lowest BCUT2D eigenvalue weighted by atomic mass is 9.99. The molecule has 1 aromatic carbocycles. The normalized spacial score (nSPS) is 20.2. The molecular weight excluding hydrogens is 302 g/mol. The number of nitrogens with zero attached hydrogens (tertiary/aromatic N) is 2. The highest BCUT2D eigenvalue weighted by atomic mass is 16.3. The van der Waals surface area contributed by atoms with Crippen molar-refractivity contribution < 1.29 is 9.90 Å². The molecule has 5 heteroatoms. The molecule has 0 saturated carbocycles. The van der Waals surface area contributed by atoms with Crippen molar-refractivity contribution in [3.05, 3.63) is 35.9 Å². The van der Waals surface area contributed by atoms with Gasteiger partial charge in [-0.05, 0) is 31.4 Å². The number of carbonyl (C=O) groups excluding carboxylic acids is 1. The molecule has 1 saturated heterocycles. The first kappa shape index (κ1) is 18.7. The number of urea groups is 1. The Balaban J connectivity index is 2.08. The predicted molar refractivity (Wildman–Crippen MR) is 96.9 cm³/mol. The van der Waals surface area contributed by atoms with Crippen LogP contribution in [0.3, 0.4) is 0 Å². The molecule has 0 aliphatic carbocycles. The van der Waals surface area contributed by atoms with E-state index in [-0.39, 0.29) is 24.7 Å². The van der Waals surface area contributed by atoms with Gasteiger partial charge in [0.25, 0.3) is 0 Å². The minimum atomic E-state index is -0.0571. The van der Waals surface area contributed by atoms with Crippen molar-refractivity contribution in [2.75, 3.05) is 33.3 Å². The maximum atomic E-state index is 12.9. The van der Waals surface area contributed by atoms with Crippen LogP contribution in [0.1, 0.15) is 38.3 Å². The predicted octanol–water partition coefficient (Wildman–Crippen LogP) is 2.48. The van der Waals surface area contributed by atoms with E-state index in [1.165, 1.54) is 0 Å². The van der Waals surface area contributed by atoms with Gasteiger partial charge >= 0.3 is 6.03 Å². The number of carbonyl (C=O) groups is 1. The Morgan fingerprint density at radius 1 is 1.29 bits per heavy atom. The van der Waals surface area contributed by atoms with Crippen LogP contribution in [-0.2, 0) is 0 Å². The molecule has 5 nitrogen and oxygen atoms in total. The Hall–Kier alpha value is -1.59. The summed E-state index contributed by atoms with van der Waals surface area (Å²) < 4.78 is 0. The highest BCUT2D eigenvalue weighted by molar-refractivity contribution is 5.75. The van der Waals surface area contributed by atoms with Crippen molar-refractivity contribution in [3.8, 4) is 0 Å². The number of aliphatic hydroxyl groups excluding tert-OH is 1. The van der Waals surface area contributed by atoms with Gasteiger partial charge in [-0.3, -0.25) is 0 Å². The van der Waals surface area contributed by atoms with Crippen molar-refractivity contribution in [2.24, 2.45) is 5.92 Å². The van der Waals surface area contributed by atoms with Gasteiger partial charge in [-0.1, -0.05) is 44.2 Å². The summed E-state index contributed by atoms with van der Waals surface area (Å²) in [6.45, 7) is 7.06. The number of rotatable bonds is 6. The van der Waals surface area contributed by atoms with Crippen LogP contribution in [0.2, 0.25) is 0 Å². The third kappa shape index (κ3) is 4.95. The minimum absolute atomic E-state index is 0.00796. The molecule has 0 aromatic heterocycles. The number of likely N-dealkylation sites (N-methyl/N-ethyl adjacent to an activating group) is 1. The van der Waals surface area contributed by atoms with Crippen LogP contribution >= 0.6 is 0 Å². The molecule has 2 rings (SSSR count). The second-order valence-electron chi connectivity index (χ2n) is 7.05. The molecule has 0 bridgehead atoms. The fraction of sp³-hybridized carbons (Fsp3) is 0.632. The zero-order chi connectivity index (χ0) is 17.5. The van der Waals surface area contributed by atoms with E-state index in [4.69, 9.17) is 5.11 Å². The zero-order valence-corrected chi connectivity index (χ0v) is 15.1. The fourth-order valence-corrected chi connectivity index (χ4v) is 3.31. The quantitative estimate of drug-likeness (QED) is 0.841. The number of hydrogen-bond donors (Lipinski definition) is 2. The number of benzene rings is 1. The molecule has 0 spiro atoms. The van der Waals surface area contributed by atoms with E-state index >= 15 is 0 Å². The Kier molecular flexibility index (Phi) is 7.06. The monoisotopic (exact) mass is 333 g/mol. The van der Waals surface area contributed by atoms with Crippen LogP contribution in [0.4, 0.5) is 4.79 Å². The lowest BCUT2D eigenvalue weighted by molar-refractivity contribution is 0.0837. The Morgan fingerprint density at radius 2 is 2.00 bits per heavy atom. The topological polar surface area (TPSA) is 55.8 Å². The van der Waals surface area contributed by atoms with Gasteiger partial charge in [0.05, 0.1) is 6.04 Å². The first-order valence-corrected chi connectivity index (χ1v) is 8.94. The molecule has 24 heavy (non-hydrogen) atoms. The lowest BCUT2D eigenvalue weighted by Gasteiger charge is -2.42. The highest BCUT2D eigenvalue weighted by Gasteiger charge is 2.32. The van der Waals surface area contributed by atoms with E-state index < -0.39 is 0 Å². The fourth-order valence-electron chi connectivity index (χ4n) is 3.31. The van der Waals surface area contributed by atoms with Crippen molar-refractivity contribution in [3.63, 3.8) is 0 Å². The third-order valence-electron chi connectivity index (χ3n) is 4.80. The second kappa shape index (κ2) is 9.04. The van der Waals surface area contributed by atoms with Crippen LogP contribution in [-0.4, -0.2) is 60.3 Å². The molecule has 2 N–H and O–H groups in total. The largest absolute Gasteiger partial charge is 0.396 e. The van der Waals surface area contributed by atoms with Crippen molar-refractivity contribution >= 4 is 6.03 Å². The summed E-state index contributed by atoms with van der Waals surface area (Å²) in [6.07, 6.45) is 1.42. The first-order valence-electron chi connectivity index (χ1n) is 8.94. The molecule has 1 aliphatic rings. The smallest absolute Gasteiger partial charge is 0.318 e. The van der Waals surface area contributed by atoms with E-state index in [1.807, 2.05) is 35.2 Å².